The fourth-order valence-corrected chi connectivity index (χ4v) is 2.42. The van der Waals surface area contributed by atoms with Gasteiger partial charge in [-0.3, -0.25) is 4.79 Å². The summed E-state index contributed by atoms with van der Waals surface area (Å²) in [4.78, 5) is 19.2. The largest absolute Gasteiger partial charge is 0.383 e. The third-order valence-corrected chi connectivity index (χ3v) is 3.67. The molecule has 1 amide bonds. The van der Waals surface area contributed by atoms with Crippen molar-refractivity contribution in [2.75, 3.05) is 12.0 Å². The molecule has 0 saturated carbocycles. The van der Waals surface area contributed by atoms with Crippen LogP contribution in [0.1, 0.15) is 17.8 Å². The zero-order chi connectivity index (χ0) is 14.5. The Morgan fingerprint density at radius 3 is 3.10 bits per heavy atom. The molecule has 3 N–H and O–H groups in total. The first-order valence-corrected chi connectivity index (χ1v) is 7.89. The van der Waals surface area contributed by atoms with E-state index in [9.17, 15) is 9.90 Å². The quantitative estimate of drug-likeness (QED) is 0.756. The summed E-state index contributed by atoms with van der Waals surface area (Å²) in [6, 6.07) is 5.81. The second-order valence-electron chi connectivity index (χ2n) is 4.69. The van der Waals surface area contributed by atoms with Crippen molar-refractivity contribution in [2.24, 2.45) is 0 Å². The molecule has 0 saturated heterocycles. The zero-order valence-corrected chi connectivity index (χ0v) is 12.5. The Morgan fingerprint density at radius 2 is 2.35 bits per heavy atom. The zero-order valence-electron chi connectivity index (χ0n) is 11.6. The maximum atomic E-state index is 11.7. The number of aliphatic hydroxyl groups is 1. The van der Waals surface area contributed by atoms with Crippen LogP contribution in [0.25, 0.3) is 11.0 Å². The van der Waals surface area contributed by atoms with Crippen LogP contribution >= 0.6 is 11.8 Å². The number of aliphatic hydroxyl groups excluding tert-OH is 1. The van der Waals surface area contributed by atoms with Gasteiger partial charge in [-0.05, 0) is 43.0 Å². The topological polar surface area (TPSA) is 78.0 Å². The van der Waals surface area contributed by atoms with Gasteiger partial charge in [-0.1, -0.05) is 6.07 Å². The summed E-state index contributed by atoms with van der Waals surface area (Å²) in [6.07, 6.45) is 1.50. The van der Waals surface area contributed by atoms with Crippen molar-refractivity contribution in [3.63, 3.8) is 0 Å². The molecule has 0 bridgehead atoms. The molecule has 2 rings (SSSR count). The van der Waals surface area contributed by atoms with Crippen LogP contribution in [0.15, 0.2) is 18.2 Å². The van der Waals surface area contributed by atoms with E-state index in [2.05, 4.69) is 15.3 Å². The molecule has 108 valence electrons. The number of hydrogen-bond donors (Lipinski definition) is 3. The van der Waals surface area contributed by atoms with E-state index in [1.54, 1.807) is 11.8 Å². The van der Waals surface area contributed by atoms with Crippen molar-refractivity contribution < 1.29 is 9.90 Å². The molecule has 0 aliphatic carbocycles. The van der Waals surface area contributed by atoms with Gasteiger partial charge >= 0.3 is 0 Å². The summed E-state index contributed by atoms with van der Waals surface area (Å²) in [5, 5.41) is 12.4. The first-order chi connectivity index (χ1) is 9.60. The van der Waals surface area contributed by atoms with Gasteiger partial charge in [0.25, 0.3) is 0 Å². The van der Waals surface area contributed by atoms with E-state index >= 15 is 0 Å². The number of carbonyl (C=O) groups is 1. The number of benzene rings is 1. The standard InChI is InChI=1S/C14H19N3O2S/c1-9-16-11-4-3-10(7-12(11)17-9)8-15-14(19)13(18)5-6-20-2/h3-4,7,13,18H,5-6,8H2,1-2H3,(H,15,19)(H,16,17). The van der Waals surface area contributed by atoms with Gasteiger partial charge in [-0.15, -0.1) is 0 Å². The summed E-state index contributed by atoms with van der Waals surface area (Å²) in [6.45, 7) is 2.31. The van der Waals surface area contributed by atoms with Crippen LogP contribution in [0.3, 0.4) is 0 Å². The number of hydrogen-bond acceptors (Lipinski definition) is 4. The predicted molar refractivity (Wildman–Crippen MR) is 81.7 cm³/mol. The van der Waals surface area contributed by atoms with Crippen LogP contribution in [0.2, 0.25) is 0 Å². The predicted octanol–water partition coefficient (Wildman–Crippen LogP) is 1.60. The molecule has 0 radical (unpaired) electrons. The monoisotopic (exact) mass is 293 g/mol. The number of amides is 1. The van der Waals surface area contributed by atoms with Crippen LogP contribution in [-0.4, -0.2) is 39.1 Å². The number of aromatic amines is 1. The number of nitrogens with zero attached hydrogens (tertiary/aromatic N) is 1. The lowest BCUT2D eigenvalue weighted by Gasteiger charge is -2.10. The van der Waals surface area contributed by atoms with Gasteiger partial charge in [0.2, 0.25) is 5.91 Å². The van der Waals surface area contributed by atoms with E-state index in [1.807, 2.05) is 31.4 Å². The summed E-state index contributed by atoms with van der Waals surface area (Å²) >= 11 is 1.61. The molecule has 1 heterocycles. The molecule has 0 aliphatic rings. The van der Waals surface area contributed by atoms with Crippen molar-refractivity contribution in [1.29, 1.82) is 0 Å². The molecule has 1 unspecified atom stereocenters. The highest BCUT2D eigenvalue weighted by atomic mass is 32.2. The second-order valence-corrected chi connectivity index (χ2v) is 5.67. The Morgan fingerprint density at radius 1 is 1.55 bits per heavy atom. The minimum absolute atomic E-state index is 0.320. The minimum atomic E-state index is -0.930. The van der Waals surface area contributed by atoms with E-state index in [0.717, 1.165) is 28.2 Å². The van der Waals surface area contributed by atoms with Crippen LogP contribution in [0.4, 0.5) is 0 Å². The van der Waals surface area contributed by atoms with Crippen LogP contribution < -0.4 is 5.32 Å². The van der Waals surface area contributed by atoms with Crippen molar-refractivity contribution in [3.05, 3.63) is 29.6 Å². The second kappa shape index (κ2) is 6.76. The number of aromatic nitrogens is 2. The summed E-state index contributed by atoms with van der Waals surface area (Å²) in [5.41, 5.74) is 2.85. The first kappa shape index (κ1) is 14.9. The lowest BCUT2D eigenvalue weighted by atomic mass is 10.2. The van der Waals surface area contributed by atoms with E-state index in [0.29, 0.717) is 13.0 Å². The fourth-order valence-electron chi connectivity index (χ4n) is 1.96. The van der Waals surface area contributed by atoms with E-state index in [4.69, 9.17) is 0 Å². The molecule has 1 atom stereocenters. The Labute approximate surface area is 122 Å². The van der Waals surface area contributed by atoms with Crippen molar-refractivity contribution >= 4 is 28.7 Å². The third kappa shape index (κ3) is 3.74. The highest BCUT2D eigenvalue weighted by molar-refractivity contribution is 7.98. The normalized spacial score (nSPS) is 12.6. The van der Waals surface area contributed by atoms with Crippen molar-refractivity contribution in [3.8, 4) is 0 Å². The van der Waals surface area contributed by atoms with Gasteiger partial charge in [-0.2, -0.15) is 11.8 Å². The van der Waals surface area contributed by atoms with Gasteiger partial charge in [-0.25, -0.2) is 4.98 Å². The lowest BCUT2D eigenvalue weighted by molar-refractivity contribution is -0.129. The number of aryl methyl sites for hydroxylation is 1. The molecule has 5 nitrogen and oxygen atoms in total. The molecule has 2 aromatic rings. The number of nitrogens with one attached hydrogen (secondary N) is 2. The molecule has 0 spiro atoms. The van der Waals surface area contributed by atoms with E-state index in [-0.39, 0.29) is 5.91 Å². The van der Waals surface area contributed by atoms with Gasteiger partial charge in [0.05, 0.1) is 11.0 Å². The van der Waals surface area contributed by atoms with Gasteiger partial charge in [0.15, 0.2) is 0 Å². The summed E-state index contributed by atoms with van der Waals surface area (Å²) < 4.78 is 0. The van der Waals surface area contributed by atoms with E-state index < -0.39 is 6.10 Å². The maximum absolute atomic E-state index is 11.7. The highest BCUT2D eigenvalue weighted by Gasteiger charge is 2.13. The highest BCUT2D eigenvalue weighted by Crippen LogP contribution is 2.13. The Kier molecular flexibility index (Phi) is 5.03. The minimum Gasteiger partial charge on any atom is -0.383 e. The molecule has 20 heavy (non-hydrogen) atoms. The fraction of sp³-hybridized carbons (Fsp3) is 0.429. The van der Waals surface area contributed by atoms with Crippen molar-refractivity contribution in [2.45, 2.75) is 26.0 Å². The molecule has 1 aromatic heterocycles. The van der Waals surface area contributed by atoms with E-state index in [1.165, 1.54) is 0 Å². The van der Waals surface area contributed by atoms with Crippen molar-refractivity contribution in [1.82, 2.24) is 15.3 Å². The molecule has 1 aromatic carbocycles. The molecular weight excluding hydrogens is 274 g/mol. The van der Waals surface area contributed by atoms with Crippen LogP contribution in [0.5, 0.6) is 0 Å². The Bertz CT molecular complexity index is 597. The average molecular weight is 293 g/mol. The Hall–Kier alpha value is -1.53. The first-order valence-electron chi connectivity index (χ1n) is 6.50. The number of imidazole rings is 1. The maximum Gasteiger partial charge on any atom is 0.249 e. The lowest BCUT2D eigenvalue weighted by Crippen LogP contribution is -2.34. The van der Waals surface area contributed by atoms with Gasteiger partial charge < -0.3 is 15.4 Å². The number of fused-ring (bicyclic) bond motifs is 1. The summed E-state index contributed by atoms with van der Waals surface area (Å²) in [7, 11) is 0. The number of H-pyrrole nitrogens is 1. The summed E-state index contributed by atoms with van der Waals surface area (Å²) in [5.74, 6) is 1.32. The molecule has 0 fully saturated rings. The van der Waals surface area contributed by atoms with Crippen LogP contribution in [0, 0.1) is 6.92 Å². The molecule has 0 aliphatic heterocycles. The Balaban J connectivity index is 1.93. The van der Waals surface area contributed by atoms with Crippen LogP contribution in [-0.2, 0) is 11.3 Å². The third-order valence-electron chi connectivity index (χ3n) is 3.03. The molecular formula is C14H19N3O2S. The van der Waals surface area contributed by atoms with Gasteiger partial charge in [0.1, 0.15) is 11.9 Å². The average Bonchev–Trinajstić information content (AvgIpc) is 2.81. The smallest absolute Gasteiger partial charge is 0.249 e. The number of carbonyl (C=O) groups excluding carboxylic acids is 1. The molecule has 6 heteroatoms. The number of thioether (sulfide) groups is 1. The number of rotatable bonds is 6. The van der Waals surface area contributed by atoms with Gasteiger partial charge in [0, 0.05) is 6.54 Å². The SMILES string of the molecule is CSCCC(O)C(=O)NCc1ccc2nc(C)[nH]c2c1.